The number of carbonyl (C=O) groups is 1. The molecule has 0 aromatic carbocycles. The Hall–Kier alpha value is -0.520. The summed E-state index contributed by atoms with van der Waals surface area (Å²) in [4.78, 5) is 17.6. The van der Waals surface area contributed by atoms with Crippen molar-refractivity contribution in [2.45, 2.75) is 50.4 Å². The van der Waals surface area contributed by atoms with Crippen molar-refractivity contribution < 1.29 is 4.79 Å². The summed E-state index contributed by atoms with van der Waals surface area (Å²) in [5.74, 6) is 2.71. The van der Waals surface area contributed by atoms with E-state index in [0.29, 0.717) is 11.9 Å². The Morgan fingerprint density at radius 1 is 1.40 bits per heavy atom. The minimum Gasteiger partial charge on any atom is -0.317 e. The van der Waals surface area contributed by atoms with E-state index >= 15 is 0 Å². The van der Waals surface area contributed by atoms with Crippen molar-refractivity contribution in [3.8, 4) is 0 Å². The molecule has 108 valence electrons. The van der Waals surface area contributed by atoms with Crippen LogP contribution in [-0.4, -0.2) is 33.9 Å². The van der Waals surface area contributed by atoms with Gasteiger partial charge in [0.25, 0.3) is 0 Å². The Kier molecular flexibility index (Phi) is 3.13. The Bertz CT molecular complexity index is 532. The lowest BCUT2D eigenvalue weighted by Gasteiger charge is -2.34. The van der Waals surface area contributed by atoms with Crippen LogP contribution >= 0.6 is 23.1 Å². The largest absolute Gasteiger partial charge is 0.317 e. The second-order valence-electron chi connectivity index (χ2n) is 6.16. The van der Waals surface area contributed by atoms with Crippen LogP contribution < -0.4 is 5.32 Å². The van der Waals surface area contributed by atoms with Gasteiger partial charge >= 0.3 is 0 Å². The number of aryl methyl sites for hydroxylation is 1. The van der Waals surface area contributed by atoms with Crippen molar-refractivity contribution in [3.63, 3.8) is 0 Å². The summed E-state index contributed by atoms with van der Waals surface area (Å²) < 4.78 is 0. The minimum atomic E-state index is -0.204. The molecule has 3 heterocycles. The molecule has 2 unspecified atom stereocenters. The van der Waals surface area contributed by atoms with Crippen molar-refractivity contribution >= 4 is 29.0 Å². The van der Waals surface area contributed by atoms with E-state index in [1.165, 1.54) is 21.9 Å². The zero-order chi connectivity index (χ0) is 13.7. The van der Waals surface area contributed by atoms with Crippen molar-refractivity contribution in [3.05, 3.63) is 21.9 Å². The normalized spacial score (nSPS) is 32.0. The van der Waals surface area contributed by atoms with Gasteiger partial charge in [0.15, 0.2) is 0 Å². The van der Waals surface area contributed by atoms with E-state index in [-0.39, 0.29) is 11.7 Å². The predicted molar refractivity (Wildman–Crippen MR) is 84.1 cm³/mol. The molecule has 2 aliphatic heterocycles. The first kappa shape index (κ1) is 13.2. The number of hydrogen-bond donors (Lipinski definition) is 1. The highest BCUT2D eigenvalue weighted by molar-refractivity contribution is 7.99. The molecule has 1 spiro atoms. The second kappa shape index (κ2) is 4.75. The number of amides is 1. The van der Waals surface area contributed by atoms with E-state index in [9.17, 15) is 4.79 Å². The van der Waals surface area contributed by atoms with E-state index < -0.39 is 0 Å². The maximum Gasteiger partial charge on any atom is 0.244 e. The smallest absolute Gasteiger partial charge is 0.244 e. The standard InChI is InChI=1S/C15H20N2OS2/c1-10-4-5-12(20-10)13-16-15(6-7-15)14(18)17(13)11-3-2-8-19-9-11/h4-5,11,13,16H,2-3,6-9H2,1H3. The third-order valence-corrected chi connectivity index (χ3v) is 6.90. The minimum absolute atomic E-state index is 0.118. The summed E-state index contributed by atoms with van der Waals surface area (Å²) in [5.41, 5.74) is -0.204. The molecule has 3 fully saturated rings. The molecule has 2 atom stereocenters. The topological polar surface area (TPSA) is 32.3 Å². The quantitative estimate of drug-likeness (QED) is 0.912. The Morgan fingerprint density at radius 2 is 2.25 bits per heavy atom. The number of hydrogen-bond acceptors (Lipinski definition) is 4. The van der Waals surface area contributed by atoms with E-state index in [0.717, 1.165) is 25.0 Å². The summed E-state index contributed by atoms with van der Waals surface area (Å²) in [6.07, 6.45) is 4.55. The Labute approximate surface area is 128 Å². The molecular formula is C15H20N2OS2. The van der Waals surface area contributed by atoms with Gasteiger partial charge in [0.05, 0.1) is 0 Å². The SMILES string of the molecule is Cc1ccc(C2NC3(CC3)C(=O)N2C2CCCSC2)s1. The van der Waals surface area contributed by atoms with Crippen molar-refractivity contribution in [1.29, 1.82) is 0 Å². The van der Waals surface area contributed by atoms with Crippen LogP contribution in [-0.2, 0) is 4.79 Å². The Balaban J connectivity index is 1.66. The number of nitrogens with zero attached hydrogens (tertiary/aromatic N) is 1. The zero-order valence-electron chi connectivity index (χ0n) is 11.7. The molecule has 5 heteroatoms. The summed E-state index contributed by atoms with van der Waals surface area (Å²) in [7, 11) is 0. The summed E-state index contributed by atoms with van der Waals surface area (Å²) in [6, 6.07) is 4.77. The third kappa shape index (κ3) is 2.02. The average Bonchev–Trinajstić information content (AvgIpc) is 3.03. The van der Waals surface area contributed by atoms with Gasteiger partial charge in [-0.2, -0.15) is 11.8 Å². The highest BCUT2D eigenvalue weighted by Gasteiger charge is 2.60. The van der Waals surface area contributed by atoms with Crippen LogP contribution in [0.25, 0.3) is 0 Å². The van der Waals surface area contributed by atoms with Crippen LogP contribution in [0.2, 0.25) is 0 Å². The number of thiophene rings is 1. The van der Waals surface area contributed by atoms with Gasteiger partial charge in [-0.25, -0.2) is 0 Å². The maximum absolute atomic E-state index is 12.8. The molecule has 1 aliphatic carbocycles. The zero-order valence-corrected chi connectivity index (χ0v) is 13.4. The molecule has 1 aromatic heterocycles. The van der Waals surface area contributed by atoms with Crippen LogP contribution in [0.1, 0.15) is 41.6 Å². The van der Waals surface area contributed by atoms with Crippen molar-refractivity contribution in [2.75, 3.05) is 11.5 Å². The average molecular weight is 308 g/mol. The molecule has 3 aliphatic rings. The predicted octanol–water partition coefficient (Wildman–Crippen LogP) is 2.92. The Morgan fingerprint density at radius 3 is 2.85 bits per heavy atom. The van der Waals surface area contributed by atoms with Gasteiger partial charge in [-0.15, -0.1) is 11.3 Å². The van der Waals surface area contributed by atoms with Gasteiger partial charge in [-0.3, -0.25) is 10.1 Å². The van der Waals surface area contributed by atoms with Gasteiger partial charge < -0.3 is 4.90 Å². The molecule has 20 heavy (non-hydrogen) atoms. The summed E-state index contributed by atoms with van der Waals surface area (Å²) in [6.45, 7) is 2.14. The molecule has 3 nitrogen and oxygen atoms in total. The van der Waals surface area contributed by atoms with Crippen LogP contribution in [0.5, 0.6) is 0 Å². The molecule has 0 radical (unpaired) electrons. The number of carbonyl (C=O) groups excluding carboxylic acids is 1. The molecule has 1 N–H and O–H groups in total. The van der Waals surface area contributed by atoms with Crippen LogP contribution in [0.4, 0.5) is 0 Å². The van der Waals surface area contributed by atoms with Crippen molar-refractivity contribution in [2.24, 2.45) is 0 Å². The van der Waals surface area contributed by atoms with E-state index in [1.807, 2.05) is 23.1 Å². The van der Waals surface area contributed by atoms with Crippen LogP contribution in [0.3, 0.4) is 0 Å². The second-order valence-corrected chi connectivity index (χ2v) is 8.63. The fraction of sp³-hybridized carbons (Fsp3) is 0.667. The first-order valence-electron chi connectivity index (χ1n) is 7.44. The molecule has 0 bridgehead atoms. The molecule has 4 rings (SSSR count). The van der Waals surface area contributed by atoms with E-state index in [2.05, 4.69) is 29.3 Å². The molecule has 1 aromatic rings. The number of rotatable bonds is 2. The molecule has 1 saturated carbocycles. The highest BCUT2D eigenvalue weighted by atomic mass is 32.2. The van der Waals surface area contributed by atoms with Gasteiger partial charge in [0.2, 0.25) is 5.91 Å². The van der Waals surface area contributed by atoms with Crippen LogP contribution in [0.15, 0.2) is 12.1 Å². The summed E-state index contributed by atoms with van der Waals surface area (Å²) >= 11 is 3.82. The first-order valence-corrected chi connectivity index (χ1v) is 9.41. The number of thioether (sulfide) groups is 1. The van der Waals surface area contributed by atoms with Crippen molar-refractivity contribution in [1.82, 2.24) is 10.2 Å². The maximum atomic E-state index is 12.8. The first-order chi connectivity index (χ1) is 9.70. The lowest BCUT2D eigenvalue weighted by molar-refractivity contribution is -0.132. The fourth-order valence-electron chi connectivity index (χ4n) is 3.37. The summed E-state index contributed by atoms with van der Waals surface area (Å²) in [5, 5.41) is 3.65. The monoisotopic (exact) mass is 308 g/mol. The molecular weight excluding hydrogens is 288 g/mol. The van der Waals surface area contributed by atoms with Gasteiger partial charge in [-0.05, 0) is 50.5 Å². The van der Waals surface area contributed by atoms with Gasteiger partial charge in [0.1, 0.15) is 11.7 Å². The van der Waals surface area contributed by atoms with E-state index in [4.69, 9.17) is 0 Å². The molecule has 1 amide bonds. The lowest BCUT2D eigenvalue weighted by Crippen LogP contribution is -2.43. The third-order valence-electron chi connectivity index (χ3n) is 4.65. The number of nitrogens with one attached hydrogen (secondary N) is 1. The van der Waals surface area contributed by atoms with Crippen LogP contribution in [0, 0.1) is 6.92 Å². The molecule has 2 saturated heterocycles. The van der Waals surface area contributed by atoms with Gasteiger partial charge in [-0.1, -0.05) is 0 Å². The lowest BCUT2D eigenvalue weighted by atomic mass is 10.1. The van der Waals surface area contributed by atoms with E-state index in [1.54, 1.807) is 0 Å². The van der Waals surface area contributed by atoms with Gasteiger partial charge in [0, 0.05) is 21.5 Å². The fourth-order valence-corrected chi connectivity index (χ4v) is 5.43. The highest BCUT2D eigenvalue weighted by Crippen LogP contribution is 2.48.